The number of carbonyl (C=O) groups is 2. The Hall–Kier alpha value is -2.70. The summed E-state index contributed by atoms with van der Waals surface area (Å²) in [5.41, 5.74) is 0.992. The molecule has 0 aliphatic carbocycles. The highest BCUT2D eigenvalue weighted by Gasteiger charge is 2.17. The van der Waals surface area contributed by atoms with Crippen molar-refractivity contribution < 1.29 is 23.5 Å². The van der Waals surface area contributed by atoms with Gasteiger partial charge in [-0.2, -0.15) is 0 Å². The van der Waals surface area contributed by atoms with Crippen molar-refractivity contribution in [2.75, 3.05) is 13.1 Å². The maximum atomic E-state index is 12.9. The molecule has 1 heterocycles. The van der Waals surface area contributed by atoms with Crippen molar-refractivity contribution in [3.05, 3.63) is 42.0 Å². The molecule has 7 heteroatoms. The Morgan fingerprint density at radius 3 is 2.59 bits per heavy atom. The van der Waals surface area contributed by atoms with Gasteiger partial charge in [-0.3, -0.25) is 9.59 Å². The standard InChI is InChI=1S/C15H15FN2O4/c1-2-18(8-14(20)21)13(19)7-12-9-22-15(17-12)10-3-5-11(16)6-4-10/h3-6,9H,2,7-8H2,1H3,(H,20,21). The number of amides is 1. The summed E-state index contributed by atoms with van der Waals surface area (Å²) in [6.45, 7) is 1.65. The highest BCUT2D eigenvalue weighted by molar-refractivity contribution is 5.82. The lowest BCUT2D eigenvalue weighted by Gasteiger charge is -2.17. The van der Waals surface area contributed by atoms with Gasteiger partial charge in [0.1, 0.15) is 18.6 Å². The summed E-state index contributed by atoms with van der Waals surface area (Å²) >= 11 is 0. The minimum atomic E-state index is -1.07. The normalized spacial score (nSPS) is 10.5. The van der Waals surface area contributed by atoms with E-state index in [1.54, 1.807) is 6.92 Å². The molecule has 116 valence electrons. The molecule has 0 bridgehead atoms. The Morgan fingerprint density at radius 1 is 1.32 bits per heavy atom. The number of hydrogen-bond acceptors (Lipinski definition) is 4. The first kappa shape index (κ1) is 15.7. The summed E-state index contributed by atoms with van der Waals surface area (Å²) in [7, 11) is 0. The summed E-state index contributed by atoms with van der Waals surface area (Å²) in [4.78, 5) is 28.1. The third-order valence-corrected chi connectivity index (χ3v) is 3.04. The van der Waals surface area contributed by atoms with Crippen LogP contribution in [0.5, 0.6) is 0 Å². The molecule has 0 aliphatic rings. The lowest BCUT2D eigenvalue weighted by Crippen LogP contribution is -2.36. The molecule has 0 spiro atoms. The number of aromatic nitrogens is 1. The number of hydrogen-bond donors (Lipinski definition) is 1. The average Bonchev–Trinajstić information content (AvgIpc) is 2.93. The van der Waals surface area contributed by atoms with Gasteiger partial charge in [0.15, 0.2) is 0 Å². The molecular formula is C15H15FN2O4. The van der Waals surface area contributed by atoms with Crippen LogP contribution >= 0.6 is 0 Å². The molecule has 1 N–H and O–H groups in total. The zero-order chi connectivity index (χ0) is 16.1. The predicted octanol–water partition coefficient (Wildman–Crippen LogP) is 1.96. The number of carboxylic acids is 1. The largest absolute Gasteiger partial charge is 0.480 e. The van der Waals surface area contributed by atoms with Gasteiger partial charge in [-0.15, -0.1) is 0 Å². The van der Waals surface area contributed by atoms with E-state index in [1.165, 1.54) is 35.4 Å². The van der Waals surface area contributed by atoms with Crippen LogP contribution in [0.1, 0.15) is 12.6 Å². The summed E-state index contributed by atoms with van der Waals surface area (Å²) in [6, 6.07) is 5.62. The fourth-order valence-electron chi connectivity index (χ4n) is 1.92. The highest BCUT2D eigenvalue weighted by atomic mass is 19.1. The third kappa shape index (κ3) is 3.91. The summed E-state index contributed by atoms with van der Waals surface area (Å²) in [5.74, 6) is -1.49. The van der Waals surface area contributed by atoms with E-state index >= 15 is 0 Å². The van der Waals surface area contributed by atoms with Crippen molar-refractivity contribution in [3.63, 3.8) is 0 Å². The molecule has 0 fully saturated rings. The van der Waals surface area contributed by atoms with Crippen molar-refractivity contribution in [2.45, 2.75) is 13.3 Å². The number of halogens is 1. The Bertz CT molecular complexity index is 666. The van der Waals surface area contributed by atoms with Gasteiger partial charge in [0, 0.05) is 12.1 Å². The van der Waals surface area contributed by atoms with Crippen LogP contribution in [0.15, 0.2) is 34.9 Å². The number of carboxylic acid groups (broad SMARTS) is 1. The van der Waals surface area contributed by atoms with Crippen LogP contribution in [0, 0.1) is 5.82 Å². The van der Waals surface area contributed by atoms with E-state index in [1.807, 2.05) is 0 Å². The van der Waals surface area contributed by atoms with E-state index in [2.05, 4.69) is 4.98 Å². The molecule has 0 radical (unpaired) electrons. The quantitative estimate of drug-likeness (QED) is 0.882. The maximum absolute atomic E-state index is 12.9. The summed E-state index contributed by atoms with van der Waals surface area (Å²) in [6.07, 6.45) is 1.29. The van der Waals surface area contributed by atoms with Crippen LogP contribution in [0.4, 0.5) is 4.39 Å². The van der Waals surface area contributed by atoms with Crippen molar-refractivity contribution in [1.29, 1.82) is 0 Å². The molecule has 1 aromatic heterocycles. The molecule has 2 rings (SSSR count). The fraction of sp³-hybridized carbons (Fsp3) is 0.267. The first-order valence-electron chi connectivity index (χ1n) is 6.69. The van der Waals surface area contributed by atoms with Crippen LogP contribution in [-0.4, -0.2) is 40.0 Å². The second-order valence-corrected chi connectivity index (χ2v) is 4.63. The molecule has 2 aromatic rings. The van der Waals surface area contributed by atoms with E-state index in [4.69, 9.17) is 9.52 Å². The Kier molecular flexibility index (Phi) is 4.88. The number of aliphatic carboxylic acids is 1. The first-order valence-corrected chi connectivity index (χ1v) is 6.69. The predicted molar refractivity (Wildman–Crippen MR) is 75.5 cm³/mol. The Morgan fingerprint density at radius 2 is 2.00 bits per heavy atom. The first-order chi connectivity index (χ1) is 10.5. The van der Waals surface area contributed by atoms with E-state index in [0.717, 1.165) is 0 Å². The molecule has 0 unspecified atom stereocenters. The van der Waals surface area contributed by atoms with Gasteiger partial charge in [-0.05, 0) is 31.2 Å². The van der Waals surface area contributed by atoms with Gasteiger partial charge in [-0.1, -0.05) is 0 Å². The van der Waals surface area contributed by atoms with Crippen LogP contribution in [-0.2, 0) is 16.0 Å². The van der Waals surface area contributed by atoms with Gasteiger partial charge in [-0.25, -0.2) is 9.37 Å². The van der Waals surface area contributed by atoms with Gasteiger partial charge in [0.05, 0.1) is 12.1 Å². The molecule has 22 heavy (non-hydrogen) atoms. The SMILES string of the molecule is CCN(CC(=O)O)C(=O)Cc1coc(-c2ccc(F)cc2)n1. The molecule has 1 amide bonds. The highest BCUT2D eigenvalue weighted by Crippen LogP contribution is 2.19. The molecule has 0 atom stereocenters. The van der Waals surface area contributed by atoms with Crippen molar-refractivity contribution in [1.82, 2.24) is 9.88 Å². The molecule has 0 saturated carbocycles. The maximum Gasteiger partial charge on any atom is 0.323 e. The molecule has 1 aromatic carbocycles. The monoisotopic (exact) mass is 306 g/mol. The smallest absolute Gasteiger partial charge is 0.323 e. The summed E-state index contributed by atoms with van der Waals surface area (Å²) < 4.78 is 18.1. The zero-order valence-electron chi connectivity index (χ0n) is 12.0. The Labute approximate surface area is 126 Å². The van der Waals surface area contributed by atoms with Gasteiger partial charge < -0.3 is 14.4 Å². The average molecular weight is 306 g/mol. The number of oxazole rings is 1. The van der Waals surface area contributed by atoms with Crippen LogP contribution in [0.3, 0.4) is 0 Å². The van der Waals surface area contributed by atoms with Crippen LogP contribution < -0.4 is 0 Å². The molecule has 0 aliphatic heterocycles. The second kappa shape index (κ2) is 6.84. The Balaban J connectivity index is 2.06. The molecular weight excluding hydrogens is 291 g/mol. The number of carbonyl (C=O) groups excluding carboxylic acids is 1. The van der Waals surface area contributed by atoms with Gasteiger partial charge in [0.2, 0.25) is 11.8 Å². The second-order valence-electron chi connectivity index (χ2n) is 4.63. The van der Waals surface area contributed by atoms with Gasteiger partial charge >= 0.3 is 5.97 Å². The minimum absolute atomic E-state index is 0.0498. The number of likely N-dealkylation sites (N-methyl/N-ethyl adjacent to an activating group) is 1. The van der Waals surface area contributed by atoms with Crippen molar-refractivity contribution >= 4 is 11.9 Å². The van der Waals surface area contributed by atoms with Gasteiger partial charge in [0.25, 0.3) is 0 Å². The lowest BCUT2D eigenvalue weighted by molar-refractivity contribution is -0.144. The van der Waals surface area contributed by atoms with E-state index < -0.39 is 5.97 Å². The molecule has 0 saturated heterocycles. The summed E-state index contributed by atoms with van der Waals surface area (Å²) in [5, 5.41) is 8.75. The van der Waals surface area contributed by atoms with Crippen LogP contribution in [0.2, 0.25) is 0 Å². The topological polar surface area (TPSA) is 83.6 Å². The van der Waals surface area contributed by atoms with Crippen molar-refractivity contribution in [2.24, 2.45) is 0 Å². The third-order valence-electron chi connectivity index (χ3n) is 3.04. The van der Waals surface area contributed by atoms with E-state index in [0.29, 0.717) is 17.8 Å². The number of rotatable bonds is 6. The van der Waals surface area contributed by atoms with E-state index in [-0.39, 0.29) is 30.6 Å². The lowest BCUT2D eigenvalue weighted by atomic mass is 10.2. The minimum Gasteiger partial charge on any atom is -0.480 e. The molecule has 6 nitrogen and oxygen atoms in total. The van der Waals surface area contributed by atoms with Crippen LogP contribution in [0.25, 0.3) is 11.5 Å². The van der Waals surface area contributed by atoms with Crippen molar-refractivity contribution in [3.8, 4) is 11.5 Å². The van der Waals surface area contributed by atoms with E-state index in [9.17, 15) is 14.0 Å². The number of benzene rings is 1. The fourth-order valence-corrected chi connectivity index (χ4v) is 1.92. The zero-order valence-corrected chi connectivity index (χ0v) is 12.0. The number of nitrogens with zero attached hydrogens (tertiary/aromatic N) is 2.